The van der Waals surface area contributed by atoms with Crippen LogP contribution in [0.3, 0.4) is 0 Å². The lowest BCUT2D eigenvalue weighted by Gasteiger charge is -2.10. The maximum Gasteiger partial charge on any atom is 0.269 e. The summed E-state index contributed by atoms with van der Waals surface area (Å²) in [5.74, 6) is -0.248. The zero-order chi connectivity index (χ0) is 16.2. The van der Waals surface area contributed by atoms with Crippen LogP contribution in [0.4, 0.5) is 5.69 Å². The summed E-state index contributed by atoms with van der Waals surface area (Å²) in [6.07, 6.45) is 3.22. The molecule has 1 heterocycles. The first-order chi connectivity index (χ1) is 11.2. The number of nitrogens with one attached hydrogen (secondary N) is 1. The Balaban J connectivity index is 1.85. The number of carbonyl (C=O) groups is 1. The summed E-state index contributed by atoms with van der Waals surface area (Å²) in [4.78, 5) is 29.5. The summed E-state index contributed by atoms with van der Waals surface area (Å²) in [6.45, 7) is -0.0502. The normalized spacial score (nSPS) is 10.7. The molecule has 3 rings (SSSR count). The van der Waals surface area contributed by atoms with Gasteiger partial charge in [0, 0.05) is 10.6 Å². The highest BCUT2D eigenvalue weighted by Gasteiger charge is 2.09. The Morgan fingerprint density at radius 1 is 1.22 bits per heavy atom. The molecule has 0 atom stereocenters. The molecule has 6 heteroatoms. The number of thioether (sulfide) groups is 1. The fourth-order valence-corrected chi connectivity index (χ4v) is 2.78. The van der Waals surface area contributed by atoms with Crippen molar-refractivity contribution in [2.24, 2.45) is 0 Å². The standard InChI is InChI=1S/C17H15N3O2S/c1-23-13-6-4-5-12(9-13)19-16(21)11-20-15-8-3-2-7-14(15)18-10-17(20)22/h2-10H,11H2,1H3,(H,19,21). The summed E-state index contributed by atoms with van der Waals surface area (Å²) < 4.78 is 1.43. The molecule has 0 saturated heterocycles. The SMILES string of the molecule is CSc1cccc(NC(=O)Cn2c(=O)cnc3ccccc32)c1. The highest BCUT2D eigenvalue weighted by Crippen LogP contribution is 2.19. The first kappa shape index (κ1) is 15.3. The molecule has 5 nitrogen and oxygen atoms in total. The number of hydrogen-bond acceptors (Lipinski definition) is 4. The highest BCUT2D eigenvalue weighted by molar-refractivity contribution is 7.98. The fourth-order valence-electron chi connectivity index (χ4n) is 2.32. The van der Waals surface area contributed by atoms with E-state index in [1.165, 1.54) is 10.8 Å². The van der Waals surface area contributed by atoms with Crippen molar-refractivity contribution in [2.45, 2.75) is 11.4 Å². The van der Waals surface area contributed by atoms with Crippen LogP contribution in [0.15, 0.2) is 64.4 Å². The van der Waals surface area contributed by atoms with Crippen molar-refractivity contribution in [3.63, 3.8) is 0 Å². The molecule has 1 amide bonds. The third kappa shape index (κ3) is 3.43. The van der Waals surface area contributed by atoms with Crippen molar-refractivity contribution in [3.05, 3.63) is 65.1 Å². The highest BCUT2D eigenvalue weighted by atomic mass is 32.2. The number of nitrogens with zero attached hydrogens (tertiary/aromatic N) is 2. The van der Waals surface area contributed by atoms with Crippen LogP contribution in [-0.4, -0.2) is 21.7 Å². The number of anilines is 1. The number of hydrogen-bond donors (Lipinski definition) is 1. The summed E-state index contributed by atoms with van der Waals surface area (Å²) in [7, 11) is 0. The van der Waals surface area contributed by atoms with Crippen molar-refractivity contribution in [1.29, 1.82) is 0 Å². The van der Waals surface area contributed by atoms with E-state index in [2.05, 4.69) is 10.3 Å². The molecule has 0 saturated carbocycles. The number of amides is 1. The van der Waals surface area contributed by atoms with Crippen LogP contribution in [0, 0.1) is 0 Å². The summed E-state index contributed by atoms with van der Waals surface area (Å²) in [5, 5.41) is 2.82. The van der Waals surface area contributed by atoms with Gasteiger partial charge in [-0.15, -0.1) is 11.8 Å². The largest absolute Gasteiger partial charge is 0.324 e. The number of fused-ring (bicyclic) bond motifs is 1. The molecule has 0 radical (unpaired) electrons. The van der Waals surface area contributed by atoms with Crippen molar-refractivity contribution in [3.8, 4) is 0 Å². The lowest BCUT2D eigenvalue weighted by molar-refractivity contribution is -0.116. The van der Waals surface area contributed by atoms with Crippen molar-refractivity contribution in [1.82, 2.24) is 9.55 Å². The smallest absolute Gasteiger partial charge is 0.269 e. The zero-order valence-corrected chi connectivity index (χ0v) is 13.3. The van der Waals surface area contributed by atoms with Gasteiger partial charge in [-0.2, -0.15) is 0 Å². The molecule has 1 aromatic heterocycles. The molecule has 0 spiro atoms. The first-order valence-electron chi connectivity index (χ1n) is 7.06. The Bertz CT molecular complexity index is 921. The molecule has 1 N–H and O–H groups in total. The third-order valence-electron chi connectivity index (χ3n) is 3.41. The lowest BCUT2D eigenvalue weighted by Crippen LogP contribution is -2.27. The van der Waals surface area contributed by atoms with Crippen LogP contribution >= 0.6 is 11.8 Å². The molecular formula is C17H15N3O2S. The van der Waals surface area contributed by atoms with Crippen molar-refractivity contribution >= 4 is 34.4 Å². The second-order valence-corrected chi connectivity index (χ2v) is 5.83. The average Bonchev–Trinajstić information content (AvgIpc) is 2.57. The molecular weight excluding hydrogens is 310 g/mol. The van der Waals surface area contributed by atoms with Crippen LogP contribution in [0.1, 0.15) is 0 Å². The Morgan fingerprint density at radius 3 is 2.87 bits per heavy atom. The minimum absolute atomic E-state index is 0.0502. The van der Waals surface area contributed by atoms with Gasteiger partial charge in [0.1, 0.15) is 6.54 Å². The van der Waals surface area contributed by atoms with Crippen LogP contribution in [0.25, 0.3) is 11.0 Å². The van der Waals surface area contributed by atoms with Gasteiger partial charge in [-0.25, -0.2) is 4.98 Å². The van der Waals surface area contributed by atoms with Crippen molar-refractivity contribution in [2.75, 3.05) is 11.6 Å². The minimum atomic E-state index is -0.295. The number of aromatic nitrogens is 2. The molecule has 0 aliphatic heterocycles. The van der Waals surface area contributed by atoms with Gasteiger partial charge in [-0.1, -0.05) is 18.2 Å². The van der Waals surface area contributed by atoms with Crippen molar-refractivity contribution < 1.29 is 4.79 Å². The second kappa shape index (κ2) is 6.66. The Labute approximate surface area is 137 Å². The molecule has 0 fully saturated rings. The van der Waals surface area contributed by atoms with E-state index >= 15 is 0 Å². The molecule has 116 valence electrons. The van der Waals surface area contributed by atoms with E-state index in [0.717, 1.165) is 4.90 Å². The molecule has 0 bridgehead atoms. The maximum absolute atomic E-state index is 12.3. The number of para-hydroxylation sites is 2. The Morgan fingerprint density at radius 2 is 2.04 bits per heavy atom. The number of rotatable bonds is 4. The average molecular weight is 325 g/mol. The topological polar surface area (TPSA) is 64.0 Å². The molecule has 0 aliphatic rings. The monoisotopic (exact) mass is 325 g/mol. The molecule has 0 aliphatic carbocycles. The summed E-state index contributed by atoms with van der Waals surface area (Å²) in [5.41, 5.74) is 1.75. The predicted octanol–water partition coefficient (Wildman–Crippen LogP) is 2.76. The quantitative estimate of drug-likeness (QED) is 0.749. The minimum Gasteiger partial charge on any atom is -0.324 e. The fraction of sp³-hybridized carbons (Fsp3) is 0.118. The molecule has 2 aromatic carbocycles. The van der Waals surface area contributed by atoms with Gasteiger partial charge in [0.05, 0.1) is 17.2 Å². The van der Waals surface area contributed by atoms with E-state index in [0.29, 0.717) is 16.7 Å². The van der Waals surface area contributed by atoms with Crippen LogP contribution < -0.4 is 10.9 Å². The maximum atomic E-state index is 12.3. The lowest BCUT2D eigenvalue weighted by atomic mass is 10.3. The molecule has 3 aromatic rings. The van der Waals surface area contributed by atoms with E-state index in [1.807, 2.05) is 48.7 Å². The predicted molar refractivity (Wildman–Crippen MR) is 92.9 cm³/mol. The van der Waals surface area contributed by atoms with Gasteiger partial charge in [0.25, 0.3) is 5.56 Å². The van der Waals surface area contributed by atoms with Gasteiger partial charge in [0.15, 0.2) is 0 Å². The number of benzene rings is 2. The van der Waals surface area contributed by atoms with E-state index < -0.39 is 0 Å². The van der Waals surface area contributed by atoms with Gasteiger partial charge < -0.3 is 5.32 Å². The second-order valence-electron chi connectivity index (χ2n) is 4.95. The molecule has 23 heavy (non-hydrogen) atoms. The zero-order valence-electron chi connectivity index (χ0n) is 12.5. The van der Waals surface area contributed by atoms with Gasteiger partial charge in [0.2, 0.25) is 5.91 Å². The van der Waals surface area contributed by atoms with E-state index in [4.69, 9.17) is 0 Å². The van der Waals surface area contributed by atoms with Gasteiger partial charge in [-0.05, 0) is 36.6 Å². The Hall–Kier alpha value is -2.60. The van der Waals surface area contributed by atoms with Crippen LogP contribution in [0.5, 0.6) is 0 Å². The molecule has 0 unspecified atom stereocenters. The Kier molecular flexibility index (Phi) is 4.43. The van der Waals surface area contributed by atoms with E-state index in [1.54, 1.807) is 17.8 Å². The third-order valence-corrected chi connectivity index (χ3v) is 4.13. The van der Waals surface area contributed by atoms with E-state index in [9.17, 15) is 9.59 Å². The van der Waals surface area contributed by atoms with Gasteiger partial charge in [-0.3, -0.25) is 14.2 Å². The summed E-state index contributed by atoms with van der Waals surface area (Å²) in [6, 6.07) is 14.8. The first-order valence-corrected chi connectivity index (χ1v) is 8.28. The van der Waals surface area contributed by atoms with Gasteiger partial charge >= 0.3 is 0 Å². The number of carbonyl (C=O) groups excluding carboxylic acids is 1. The van der Waals surface area contributed by atoms with Crippen LogP contribution in [-0.2, 0) is 11.3 Å². The summed E-state index contributed by atoms with van der Waals surface area (Å²) >= 11 is 1.60. The van der Waals surface area contributed by atoms with E-state index in [-0.39, 0.29) is 18.0 Å². The van der Waals surface area contributed by atoms with Crippen LogP contribution in [0.2, 0.25) is 0 Å².